The number of rotatable bonds is 1. The highest BCUT2D eigenvalue weighted by molar-refractivity contribution is 6.20. The molecule has 3 atom stereocenters. The average molecular weight is 178 g/mol. The number of halogens is 1. The summed E-state index contributed by atoms with van der Waals surface area (Å²) in [6.07, 6.45) is 0. The van der Waals surface area contributed by atoms with Crippen LogP contribution >= 0.6 is 11.6 Å². The molecule has 0 radical (unpaired) electrons. The zero-order valence-corrected chi connectivity index (χ0v) is 7.06. The Bertz CT molecular complexity index is 164. The Balaban J connectivity index is 2.54. The van der Waals surface area contributed by atoms with Gasteiger partial charge >= 0.3 is 0 Å². The van der Waals surface area contributed by atoms with Crippen molar-refractivity contribution in [1.29, 1.82) is 0 Å². The Kier molecular flexibility index (Phi) is 2.70. The summed E-state index contributed by atoms with van der Waals surface area (Å²) in [7, 11) is 0. The maximum atomic E-state index is 10.8. The van der Waals surface area contributed by atoms with Gasteiger partial charge in [0.15, 0.2) is 0 Å². The molecule has 11 heavy (non-hydrogen) atoms. The SMILES string of the molecule is CC1NCC(Cl)NC1C(N)=O. The van der Waals surface area contributed by atoms with Crippen LogP contribution in [0, 0.1) is 0 Å². The van der Waals surface area contributed by atoms with E-state index in [0.717, 1.165) is 0 Å². The fourth-order valence-corrected chi connectivity index (χ4v) is 1.36. The molecule has 4 nitrogen and oxygen atoms in total. The van der Waals surface area contributed by atoms with Crippen molar-refractivity contribution in [1.82, 2.24) is 10.6 Å². The molecule has 1 aliphatic rings. The van der Waals surface area contributed by atoms with Gasteiger partial charge < -0.3 is 11.1 Å². The Morgan fingerprint density at radius 2 is 2.36 bits per heavy atom. The molecule has 1 heterocycles. The third-order valence-electron chi connectivity index (χ3n) is 1.79. The van der Waals surface area contributed by atoms with Gasteiger partial charge in [0.05, 0.1) is 5.50 Å². The molecule has 0 spiro atoms. The number of alkyl halides is 1. The lowest BCUT2D eigenvalue weighted by Crippen LogP contribution is -2.62. The van der Waals surface area contributed by atoms with Crippen molar-refractivity contribution in [3.05, 3.63) is 0 Å². The van der Waals surface area contributed by atoms with Gasteiger partial charge in [0.25, 0.3) is 0 Å². The zero-order valence-electron chi connectivity index (χ0n) is 6.30. The standard InChI is InChI=1S/C6H12ClN3O/c1-3-5(6(8)11)10-4(7)2-9-3/h3-5,9-10H,2H2,1H3,(H2,8,11). The first-order valence-corrected chi connectivity index (χ1v) is 3.97. The molecule has 0 aromatic heterocycles. The second-order valence-electron chi connectivity index (χ2n) is 2.71. The van der Waals surface area contributed by atoms with Gasteiger partial charge in [-0.25, -0.2) is 0 Å². The number of primary amides is 1. The van der Waals surface area contributed by atoms with Gasteiger partial charge in [-0.15, -0.1) is 11.6 Å². The second-order valence-corrected chi connectivity index (χ2v) is 3.24. The van der Waals surface area contributed by atoms with Gasteiger partial charge in [0.1, 0.15) is 6.04 Å². The monoisotopic (exact) mass is 177 g/mol. The van der Waals surface area contributed by atoms with Crippen LogP contribution in [0.1, 0.15) is 6.92 Å². The fraction of sp³-hybridized carbons (Fsp3) is 0.833. The highest BCUT2D eigenvalue weighted by Gasteiger charge is 2.28. The molecule has 0 aromatic carbocycles. The molecule has 64 valence electrons. The molecule has 1 rings (SSSR count). The lowest BCUT2D eigenvalue weighted by molar-refractivity contribution is -0.121. The number of carbonyl (C=O) groups is 1. The van der Waals surface area contributed by atoms with E-state index in [1.54, 1.807) is 0 Å². The van der Waals surface area contributed by atoms with Crippen LogP contribution in [0.4, 0.5) is 0 Å². The van der Waals surface area contributed by atoms with Crippen LogP contribution in [0.5, 0.6) is 0 Å². The number of hydrogen-bond donors (Lipinski definition) is 3. The summed E-state index contributed by atoms with van der Waals surface area (Å²) in [5.41, 5.74) is 4.91. The summed E-state index contributed by atoms with van der Waals surface area (Å²) in [6.45, 7) is 2.55. The van der Waals surface area contributed by atoms with Gasteiger partial charge in [-0.3, -0.25) is 10.1 Å². The molecule has 1 fully saturated rings. The van der Waals surface area contributed by atoms with Crippen molar-refractivity contribution >= 4 is 17.5 Å². The summed E-state index contributed by atoms with van der Waals surface area (Å²) in [6, 6.07) is -0.297. The Hall–Kier alpha value is -0.320. The minimum absolute atomic E-state index is 0.0579. The minimum Gasteiger partial charge on any atom is -0.368 e. The van der Waals surface area contributed by atoms with Crippen LogP contribution in [0.15, 0.2) is 0 Å². The highest BCUT2D eigenvalue weighted by atomic mass is 35.5. The van der Waals surface area contributed by atoms with E-state index in [9.17, 15) is 4.79 Å². The molecule has 4 N–H and O–H groups in total. The van der Waals surface area contributed by atoms with Crippen LogP contribution < -0.4 is 16.4 Å². The maximum absolute atomic E-state index is 10.8. The van der Waals surface area contributed by atoms with Crippen LogP contribution in [0.25, 0.3) is 0 Å². The van der Waals surface area contributed by atoms with Gasteiger partial charge in [0.2, 0.25) is 5.91 Å². The largest absolute Gasteiger partial charge is 0.368 e. The predicted molar refractivity (Wildman–Crippen MR) is 43.2 cm³/mol. The minimum atomic E-state index is -0.365. The number of nitrogens with two attached hydrogens (primary N) is 1. The van der Waals surface area contributed by atoms with E-state index in [0.29, 0.717) is 6.54 Å². The van der Waals surface area contributed by atoms with E-state index in [1.807, 2.05) is 6.92 Å². The number of hydrogen-bond acceptors (Lipinski definition) is 3. The van der Waals surface area contributed by atoms with E-state index < -0.39 is 0 Å². The third-order valence-corrected chi connectivity index (χ3v) is 2.07. The Morgan fingerprint density at radius 3 is 2.82 bits per heavy atom. The third kappa shape index (κ3) is 2.05. The van der Waals surface area contributed by atoms with Crippen molar-refractivity contribution in [3.63, 3.8) is 0 Å². The normalized spacial score (nSPS) is 38.5. The first kappa shape index (κ1) is 8.77. The summed E-state index contributed by atoms with van der Waals surface area (Å²) >= 11 is 5.74. The summed E-state index contributed by atoms with van der Waals surface area (Å²) in [4.78, 5) is 10.8. The number of amides is 1. The molecular formula is C6H12ClN3O. The molecule has 0 bridgehead atoms. The molecular weight excluding hydrogens is 166 g/mol. The smallest absolute Gasteiger partial charge is 0.236 e. The van der Waals surface area contributed by atoms with Gasteiger partial charge in [0, 0.05) is 12.6 Å². The molecule has 3 unspecified atom stereocenters. The molecule has 1 aliphatic heterocycles. The van der Waals surface area contributed by atoms with Gasteiger partial charge in [-0.1, -0.05) is 0 Å². The van der Waals surface area contributed by atoms with Crippen LogP contribution in [0.2, 0.25) is 0 Å². The predicted octanol–water partition coefficient (Wildman–Crippen LogP) is -1.01. The van der Waals surface area contributed by atoms with Crippen LogP contribution in [-0.2, 0) is 4.79 Å². The van der Waals surface area contributed by atoms with Gasteiger partial charge in [-0.05, 0) is 6.92 Å². The number of carbonyl (C=O) groups excluding carboxylic acids is 1. The molecule has 1 saturated heterocycles. The second kappa shape index (κ2) is 3.38. The van der Waals surface area contributed by atoms with Gasteiger partial charge in [-0.2, -0.15) is 0 Å². The highest BCUT2D eigenvalue weighted by Crippen LogP contribution is 2.03. The van der Waals surface area contributed by atoms with Crippen molar-refractivity contribution in [2.45, 2.75) is 24.5 Å². The number of piperazine rings is 1. The molecule has 5 heteroatoms. The Morgan fingerprint density at radius 1 is 1.73 bits per heavy atom. The van der Waals surface area contributed by atoms with E-state index in [4.69, 9.17) is 17.3 Å². The van der Waals surface area contributed by atoms with Crippen molar-refractivity contribution in [2.75, 3.05) is 6.54 Å². The maximum Gasteiger partial charge on any atom is 0.236 e. The summed E-state index contributed by atoms with van der Waals surface area (Å²) < 4.78 is 0. The molecule has 0 saturated carbocycles. The fourth-order valence-electron chi connectivity index (χ4n) is 1.13. The van der Waals surface area contributed by atoms with Crippen molar-refractivity contribution in [3.8, 4) is 0 Å². The first-order chi connectivity index (χ1) is 5.11. The van der Waals surface area contributed by atoms with E-state index in [-0.39, 0.29) is 23.5 Å². The lowest BCUT2D eigenvalue weighted by atomic mass is 10.1. The molecule has 1 amide bonds. The topological polar surface area (TPSA) is 67.2 Å². The lowest BCUT2D eigenvalue weighted by Gasteiger charge is -2.31. The van der Waals surface area contributed by atoms with Crippen LogP contribution in [-0.4, -0.2) is 30.0 Å². The number of nitrogens with one attached hydrogen (secondary N) is 2. The zero-order chi connectivity index (χ0) is 8.43. The molecule has 0 aromatic rings. The average Bonchev–Trinajstić information content (AvgIpc) is 1.94. The van der Waals surface area contributed by atoms with Crippen LogP contribution in [0.3, 0.4) is 0 Å². The summed E-state index contributed by atoms with van der Waals surface area (Å²) in [5, 5.41) is 5.96. The van der Waals surface area contributed by atoms with Crippen molar-refractivity contribution in [2.24, 2.45) is 5.73 Å². The van der Waals surface area contributed by atoms with E-state index >= 15 is 0 Å². The van der Waals surface area contributed by atoms with Crippen molar-refractivity contribution < 1.29 is 4.79 Å². The molecule has 0 aliphatic carbocycles. The quantitative estimate of drug-likeness (QED) is 0.355. The Labute approximate surface area is 70.5 Å². The van der Waals surface area contributed by atoms with E-state index in [1.165, 1.54) is 0 Å². The first-order valence-electron chi connectivity index (χ1n) is 3.54. The summed E-state index contributed by atoms with van der Waals surface area (Å²) in [5.74, 6) is -0.365. The van der Waals surface area contributed by atoms with E-state index in [2.05, 4.69) is 10.6 Å².